The van der Waals surface area contributed by atoms with Crippen LogP contribution in [0.15, 0.2) is 12.1 Å². The third-order valence-corrected chi connectivity index (χ3v) is 2.63. The Balaban J connectivity index is 2.44. The Bertz CT molecular complexity index is 483. The zero-order chi connectivity index (χ0) is 12.8. The van der Waals surface area contributed by atoms with Crippen molar-refractivity contribution in [1.82, 2.24) is 0 Å². The molecule has 0 saturated heterocycles. The molecule has 1 aromatic rings. The average molecular weight is 259 g/mol. The number of aliphatic hydroxyl groups excluding tert-OH is 1. The van der Waals surface area contributed by atoms with Crippen LogP contribution in [0.4, 0.5) is 0 Å². The largest absolute Gasteiger partial charge is 0.479 e. The Morgan fingerprint density at radius 1 is 1.35 bits per heavy atom. The molecule has 1 atom stereocenters. The minimum absolute atomic E-state index is 0.0826. The molecule has 0 fully saturated rings. The van der Waals surface area contributed by atoms with Gasteiger partial charge in [-0.1, -0.05) is 11.6 Å². The van der Waals surface area contributed by atoms with Crippen LogP contribution >= 0.6 is 11.6 Å². The van der Waals surface area contributed by atoms with Gasteiger partial charge in [-0.05, 0) is 6.07 Å². The number of carbonyl (C=O) groups is 1. The maximum Gasteiger partial charge on any atom is 0.337 e. The van der Waals surface area contributed by atoms with E-state index in [-0.39, 0.29) is 10.6 Å². The first-order valence-corrected chi connectivity index (χ1v) is 5.30. The molecule has 5 nitrogen and oxygen atoms in total. The molecular formula is C11H11ClO5. The number of hydrogen-bond donors (Lipinski definition) is 2. The van der Waals surface area contributed by atoms with Crippen LogP contribution in [0.2, 0.25) is 5.02 Å². The minimum Gasteiger partial charge on any atom is -0.479 e. The normalized spacial score (nSPS) is 17.9. The number of hydrogen-bond acceptors (Lipinski definition) is 4. The Kier molecular flexibility index (Phi) is 2.67. The first-order chi connectivity index (χ1) is 7.80. The highest BCUT2D eigenvalue weighted by atomic mass is 35.5. The summed E-state index contributed by atoms with van der Waals surface area (Å²) < 4.78 is 10.9. The Hall–Kier alpha value is -1.46. The lowest BCUT2D eigenvalue weighted by Crippen LogP contribution is -2.29. The second-order valence-electron chi connectivity index (χ2n) is 4.17. The van der Waals surface area contributed by atoms with Gasteiger partial charge in [0.05, 0.1) is 5.02 Å². The second-order valence-corrected chi connectivity index (χ2v) is 4.57. The quantitative estimate of drug-likeness (QED) is 0.848. The van der Waals surface area contributed by atoms with Gasteiger partial charge in [0.15, 0.2) is 17.6 Å². The van der Waals surface area contributed by atoms with E-state index in [0.29, 0.717) is 11.5 Å². The zero-order valence-electron chi connectivity index (χ0n) is 9.23. The van der Waals surface area contributed by atoms with E-state index in [1.54, 1.807) is 13.8 Å². The smallest absolute Gasteiger partial charge is 0.337 e. The third-order valence-electron chi connectivity index (χ3n) is 2.30. The van der Waals surface area contributed by atoms with Crippen molar-refractivity contribution in [1.29, 1.82) is 0 Å². The van der Waals surface area contributed by atoms with Crippen molar-refractivity contribution in [2.24, 2.45) is 0 Å². The fourth-order valence-electron chi connectivity index (χ4n) is 1.60. The van der Waals surface area contributed by atoms with Crippen molar-refractivity contribution in [2.75, 3.05) is 0 Å². The summed E-state index contributed by atoms with van der Waals surface area (Å²) in [6.07, 6.45) is -1.68. The van der Waals surface area contributed by atoms with Crippen molar-refractivity contribution in [3.05, 3.63) is 22.7 Å². The van der Waals surface area contributed by atoms with Crippen molar-refractivity contribution in [3.8, 4) is 11.5 Å². The Morgan fingerprint density at radius 3 is 2.41 bits per heavy atom. The van der Waals surface area contributed by atoms with E-state index in [1.165, 1.54) is 12.1 Å². The molecule has 2 rings (SSSR count). The summed E-state index contributed by atoms with van der Waals surface area (Å²) >= 11 is 5.88. The van der Waals surface area contributed by atoms with E-state index in [4.69, 9.17) is 26.2 Å². The van der Waals surface area contributed by atoms with Crippen LogP contribution in [0.25, 0.3) is 0 Å². The van der Waals surface area contributed by atoms with Gasteiger partial charge in [-0.3, -0.25) is 0 Å². The molecule has 0 aromatic heterocycles. The molecule has 0 radical (unpaired) electrons. The number of carboxylic acid groups (broad SMARTS) is 1. The van der Waals surface area contributed by atoms with Gasteiger partial charge in [-0.15, -0.1) is 0 Å². The maximum absolute atomic E-state index is 10.7. The van der Waals surface area contributed by atoms with Gasteiger partial charge in [0.1, 0.15) is 0 Å². The number of aliphatic carboxylic acids is 1. The SMILES string of the molecule is CC1(C)Oc2cc(Cl)c(C(O)C(=O)O)cc2O1. The van der Waals surface area contributed by atoms with E-state index in [9.17, 15) is 9.90 Å². The number of carboxylic acids is 1. The highest BCUT2D eigenvalue weighted by Gasteiger charge is 2.33. The molecule has 6 heteroatoms. The summed E-state index contributed by atoms with van der Waals surface area (Å²) in [6.45, 7) is 3.43. The third kappa shape index (κ3) is 2.16. The minimum atomic E-state index is -1.68. The van der Waals surface area contributed by atoms with E-state index in [0.717, 1.165) is 0 Å². The lowest BCUT2D eigenvalue weighted by atomic mass is 10.1. The fraction of sp³-hybridized carbons (Fsp3) is 0.364. The van der Waals surface area contributed by atoms with Gasteiger partial charge < -0.3 is 19.7 Å². The van der Waals surface area contributed by atoms with Gasteiger partial charge >= 0.3 is 5.97 Å². The molecule has 0 aliphatic carbocycles. The number of halogens is 1. The first kappa shape index (κ1) is 12.0. The van der Waals surface area contributed by atoms with Gasteiger partial charge in [0.2, 0.25) is 5.79 Å². The van der Waals surface area contributed by atoms with Crippen LogP contribution in [-0.2, 0) is 4.79 Å². The van der Waals surface area contributed by atoms with Gasteiger partial charge in [0, 0.05) is 25.5 Å². The average Bonchev–Trinajstić information content (AvgIpc) is 2.48. The van der Waals surface area contributed by atoms with Crippen LogP contribution in [0.5, 0.6) is 11.5 Å². The highest BCUT2D eigenvalue weighted by Crippen LogP contribution is 2.43. The monoisotopic (exact) mass is 258 g/mol. The van der Waals surface area contributed by atoms with E-state index < -0.39 is 17.9 Å². The van der Waals surface area contributed by atoms with E-state index in [1.807, 2.05) is 0 Å². The van der Waals surface area contributed by atoms with Crippen molar-refractivity contribution in [2.45, 2.75) is 25.7 Å². The van der Waals surface area contributed by atoms with Crippen molar-refractivity contribution < 1.29 is 24.5 Å². The highest BCUT2D eigenvalue weighted by molar-refractivity contribution is 6.31. The lowest BCUT2D eigenvalue weighted by Gasteiger charge is -2.16. The van der Waals surface area contributed by atoms with Crippen molar-refractivity contribution in [3.63, 3.8) is 0 Å². The molecule has 0 spiro atoms. The molecule has 0 amide bonds. The lowest BCUT2D eigenvalue weighted by molar-refractivity contribution is -0.146. The number of benzene rings is 1. The molecule has 1 heterocycles. The summed E-state index contributed by atoms with van der Waals surface area (Å²) in [5.74, 6) is -1.39. The first-order valence-electron chi connectivity index (χ1n) is 4.92. The fourth-order valence-corrected chi connectivity index (χ4v) is 1.86. The number of aliphatic hydroxyl groups is 1. The molecule has 17 heavy (non-hydrogen) atoms. The molecule has 1 unspecified atom stereocenters. The molecular weight excluding hydrogens is 248 g/mol. The van der Waals surface area contributed by atoms with Crippen LogP contribution in [0.3, 0.4) is 0 Å². The molecule has 2 N–H and O–H groups in total. The molecule has 92 valence electrons. The molecule has 0 bridgehead atoms. The predicted octanol–water partition coefficient (Wildman–Crippen LogP) is 1.97. The molecule has 1 aliphatic heterocycles. The summed E-state index contributed by atoms with van der Waals surface area (Å²) in [5, 5.41) is 18.3. The van der Waals surface area contributed by atoms with Crippen molar-refractivity contribution >= 4 is 17.6 Å². The Labute approximate surface area is 103 Å². The van der Waals surface area contributed by atoms with Crippen LogP contribution in [0, 0.1) is 0 Å². The predicted molar refractivity (Wildman–Crippen MR) is 59.4 cm³/mol. The second kappa shape index (κ2) is 3.78. The van der Waals surface area contributed by atoms with Crippen LogP contribution < -0.4 is 9.47 Å². The maximum atomic E-state index is 10.7. The van der Waals surface area contributed by atoms with Gasteiger partial charge in [-0.2, -0.15) is 0 Å². The summed E-state index contributed by atoms with van der Waals surface area (Å²) in [6, 6.07) is 2.82. The van der Waals surface area contributed by atoms with Crippen LogP contribution in [-0.4, -0.2) is 22.0 Å². The Morgan fingerprint density at radius 2 is 1.88 bits per heavy atom. The molecule has 1 aromatic carbocycles. The summed E-state index contributed by atoms with van der Waals surface area (Å²) in [5.41, 5.74) is 0.0826. The standard InChI is InChI=1S/C11H11ClO5/c1-11(2)16-7-3-5(9(13)10(14)15)6(12)4-8(7)17-11/h3-4,9,13H,1-2H3,(H,14,15). The van der Waals surface area contributed by atoms with E-state index in [2.05, 4.69) is 0 Å². The topological polar surface area (TPSA) is 76.0 Å². The number of fused-ring (bicyclic) bond motifs is 1. The number of rotatable bonds is 2. The summed E-state index contributed by atoms with van der Waals surface area (Å²) in [7, 11) is 0. The zero-order valence-corrected chi connectivity index (χ0v) is 9.99. The summed E-state index contributed by atoms with van der Waals surface area (Å²) in [4.78, 5) is 10.7. The van der Waals surface area contributed by atoms with Gasteiger partial charge in [-0.25, -0.2) is 4.79 Å². The molecule has 1 aliphatic rings. The van der Waals surface area contributed by atoms with Gasteiger partial charge in [0.25, 0.3) is 0 Å². The van der Waals surface area contributed by atoms with Crippen LogP contribution in [0.1, 0.15) is 25.5 Å². The molecule has 0 saturated carbocycles. The number of ether oxygens (including phenoxy) is 2. The van der Waals surface area contributed by atoms with E-state index >= 15 is 0 Å².